The average Bonchev–Trinajstić information content (AvgIpc) is 2.99. The van der Waals surface area contributed by atoms with Crippen molar-refractivity contribution in [2.45, 2.75) is 25.9 Å². The van der Waals surface area contributed by atoms with Crippen LogP contribution in [0.15, 0.2) is 42.5 Å². The van der Waals surface area contributed by atoms with Gasteiger partial charge in [0.15, 0.2) is 0 Å². The topological polar surface area (TPSA) is 49.4 Å². The number of carbonyl (C=O) groups excluding carboxylic acids is 2. The van der Waals surface area contributed by atoms with Gasteiger partial charge in [-0.15, -0.1) is 0 Å². The van der Waals surface area contributed by atoms with E-state index in [0.29, 0.717) is 35.1 Å². The first kappa shape index (κ1) is 17.8. The molecule has 0 bridgehead atoms. The molecule has 0 spiro atoms. The van der Waals surface area contributed by atoms with E-state index in [0.717, 1.165) is 24.1 Å². The third kappa shape index (κ3) is 4.53. The summed E-state index contributed by atoms with van der Waals surface area (Å²) in [6.45, 7) is 1.65. The molecular weight excluding hydrogens is 359 g/mol. The second kappa shape index (κ2) is 7.89. The Bertz CT molecular complexity index is 808. The van der Waals surface area contributed by atoms with Gasteiger partial charge in [-0.3, -0.25) is 9.59 Å². The first-order chi connectivity index (χ1) is 12.0. The van der Waals surface area contributed by atoms with Crippen molar-refractivity contribution in [3.8, 4) is 0 Å². The number of halogens is 2. The molecule has 1 aliphatic heterocycles. The van der Waals surface area contributed by atoms with Gasteiger partial charge in [0.25, 0.3) is 5.91 Å². The smallest absolute Gasteiger partial charge is 0.251 e. The number of amides is 2. The van der Waals surface area contributed by atoms with Crippen LogP contribution >= 0.6 is 23.2 Å². The molecule has 4 nitrogen and oxygen atoms in total. The molecule has 2 aromatic carbocycles. The summed E-state index contributed by atoms with van der Waals surface area (Å²) in [5.41, 5.74) is 2.32. The molecule has 25 heavy (non-hydrogen) atoms. The number of likely N-dealkylation sites (tertiary alicyclic amines) is 1. The van der Waals surface area contributed by atoms with Gasteiger partial charge in [0.05, 0.1) is 0 Å². The lowest BCUT2D eigenvalue weighted by atomic mass is 10.1. The van der Waals surface area contributed by atoms with Crippen molar-refractivity contribution in [3.05, 3.63) is 69.2 Å². The van der Waals surface area contributed by atoms with Crippen LogP contribution in [0.25, 0.3) is 0 Å². The van der Waals surface area contributed by atoms with Gasteiger partial charge in [0, 0.05) is 41.7 Å². The maximum Gasteiger partial charge on any atom is 0.251 e. The van der Waals surface area contributed by atoms with Crippen molar-refractivity contribution in [3.63, 3.8) is 0 Å². The molecule has 2 amide bonds. The number of hydrogen-bond donors (Lipinski definition) is 1. The van der Waals surface area contributed by atoms with E-state index in [1.165, 1.54) is 0 Å². The van der Waals surface area contributed by atoms with Gasteiger partial charge in [-0.1, -0.05) is 41.4 Å². The molecule has 1 fully saturated rings. The van der Waals surface area contributed by atoms with E-state index < -0.39 is 0 Å². The lowest BCUT2D eigenvalue weighted by molar-refractivity contribution is -0.128. The Labute approximate surface area is 156 Å². The fourth-order valence-corrected chi connectivity index (χ4v) is 3.32. The minimum Gasteiger partial charge on any atom is -0.348 e. The number of rotatable bonds is 5. The highest BCUT2D eigenvalue weighted by atomic mass is 35.5. The van der Waals surface area contributed by atoms with E-state index in [4.69, 9.17) is 23.2 Å². The van der Waals surface area contributed by atoms with Gasteiger partial charge in [0.1, 0.15) is 0 Å². The fraction of sp³-hybridized carbons (Fsp3) is 0.263. The lowest BCUT2D eigenvalue weighted by Crippen LogP contribution is -2.25. The quantitative estimate of drug-likeness (QED) is 0.855. The predicted octanol–water partition coefficient (Wildman–Crippen LogP) is 4.05. The third-order valence-corrected chi connectivity index (χ3v) is 4.78. The van der Waals surface area contributed by atoms with Gasteiger partial charge in [0.2, 0.25) is 5.91 Å². The van der Waals surface area contributed by atoms with E-state index in [9.17, 15) is 9.59 Å². The molecule has 0 aromatic heterocycles. The van der Waals surface area contributed by atoms with E-state index in [2.05, 4.69) is 5.32 Å². The first-order valence-corrected chi connectivity index (χ1v) is 8.87. The number of carbonyl (C=O) groups is 2. The van der Waals surface area contributed by atoms with Gasteiger partial charge >= 0.3 is 0 Å². The number of nitrogens with zero attached hydrogens (tertiary/aromatic N) is 1. The Hall–Kier alpha value is -2.04. The lowest BCUT2D eigenvalue weighted by Gasteiger charge is -2.16. The minimum absolute atomic E-state index is 0.173. The molecule has 0 unspecified atom stereocenters. The SMILES string of the molecule is O=C(NCc1ccc(Cl)cc1Cl)c1cccc(CN2CCCC2=O)c1. The van der Waals surface area contributed by atoms with Crippen LogP contribution < -0.4 is 5.32 Å². The van der Waals surface area contributed by atoms with E-state index in [1.807, 2.05) is 23.1 Å². The molecule has 0 atom stereocenters. The van der Waals surface area contributed by atoms with E-state index in [-0.39, 0.29) is 11.8 Å². The van der Waals surface area contributed by atoms with Gasteiger partial charge in [-0.2, -0.15) is 0 Å². The molecule has 6 heteroatoms. The van der Waals surface area contributed by atoms with Crippen LogP contribution in [0.5, 0.6) is 0 Å². The largest absolute Gasteiger partial charge is 0.348 e. The normalized spacial score (nSPS) is 14.0. The molecule has 1 N–H and O–H groups in total. The number of benzene rings is 2. The molecule has 0 aliphatic carbocycles. The Balaban J connectivity index is 1.63. The van der Waals surface area contributed by atoms with Crippen LogP contribution in [0.2, 0.25) is 10.0 Å². The third-order valence-electron chi connectivity index (χ3n) is 4.19. The van der Waals surface area contributed by atoms with Crippen molar-refractivity contribution in [1.29, 1.82) is 0 Å². The summed E-state index contributed by atoms with van der Waals surface area (Å²) in [4.78, 5) is 26.0. The number of nitrogens with one attached hydrogen (secondary N) is 1. The molecule has 3 rings (SSSR count). The first-order valence-electron chi connectivity index (χ1n) is 8.12. The zero-order chi connectivity index (χ0) is 17.8. The highest BCUT2D eigenvalue weighted by Crippen LogP contribution is 2.21. The molecular formula is C19H18Cl2N2O2. The molecule has 1 heterocycles. The second-order valence-corrected chi connectivity index (χ2v) is 6.88. The van der Waals surface area contributed by atoms with Crippen molar-refractivity contribution in [1.82, 2.24) is 10.2 Å². The van der Waals surface area contributed by atoms with Crippen LogP contribution in [0.4, 0.5) is 0 Å². The minimum atomic E-state index is -0.180. The predicted molar refractivity (Wildman–Crippen MR) is 98.7 cm³/mol. The van der Waals surface area contributed by atoms with E-state index >= 15 is 0 Å². The summed E-state index contributed by atoms with van der Waals surface area (Å²) in [6.07, 6.45) is 1.52. The summed E-state index contributed by atoms with van der Waals surface area (Å²) >= 11 is 12.0. The maximum absolute atomic E-state index is 12.4. The summed E-state index contributed by atoms with van der Waals surface area (Å²) in [5.74, 6) is -0.00662. The Morgan fingerprint density at radius 3 is 2.72 bits per heavy atom. The Morgan fingerprint density at radius 2 is 2.00 bits per heavy atom. The average molecular weight is 377 g/mol. The van der Waals surface area contributed by atoms with Crippen LogP contribution in [-0.4, -0.2) is 23.3 Å². The standard InChI is InChI=1S/C19H18Cl2N2O2/c20-16-7-6-15(17(21)10-16)11-22-19(25)14-4-1-3-13(9-14)12-23-8-2-5-18(23)24/h1,3-4,6-7,9-10H,2,5,8,11-12H2,(H,22,25). The summed E-state index contributed by atoms with van der Waals surface area (Å²) < 4.78 is 0. The van der Waals surface area contributed by atoms with Crippen LogP contribution in [0.1, 0.15) is 34.3 Å². The highest BCUT2D eigenvalue weighted by Gasteiger charge is 2.20. The summed E-state index contributed by atoms with van der Waals surface area (Å²) in [6, 6.07) is 12.5. The van der Waals surface area contributed by atoms with Crippen molar-refractivity contribution >= 4 is 35.0 Å². The summed E-state index contributed by atoms with van der Waals surface area (Å²) in [7, 11) is 0. The van der Waals surface area contributed by atoms with Crippen LogP contribution in [0, 0.1) is 0 Å². The van der Waals surface area contributed by atoms with Crippen molar-refractivity contribution in [2.24, 2.45) is 0 Å². The summed E-state index contributed by atoms with van der Waals surface area (Å²) in [5, 5.41) is 3.94. The molecule has 130 valence electrons. The second-order valence-electron chi connectivity index (χ2n) is 6.04. The molecule has 1 aliphatic rings. The molecule has 0 radical (unpaired) electrons. The molecule has 0 saturated carbocycles. The van der Waals surface area contributed by atoms with Crippen molar-refractivity contribution in [2.75, 3.05) is 6.54 Å². The van der Waals surface area contributed by atoms with Crippen LogP contribution in [0.3, 0.4) is 0 Å². The molecule has 2 aromatic rings. The zero-order valence-electron chi connectivity index (χ0n) is 13.6. The van der Waals surface area contributed by atoms with Gasteiger partial charge < -0.3 is 10.2 Å². The van der Waals surface area contributed by atoms with E-state index in [1.54, 1.807) is 24.3 Å². The monoisotopic (exact) mass is 376 g/mol. The van der Waals surface area contributed by atoms with Gasteiger partial charge in [-0.05, 0) is 41.8 Å². The van der Waals surface area contributed by atoms with Crippen molar-refractivity contribution < 1.29 is 9.59 Å². The Morgan fingerprint density at radius 1 is 1.16 bits per heavy atom. The zero-order valence-corrected chi connectivity index (χ0v) is 15.1. The Kier molecular flexibility index (Phi) is 5.61. The number of hydrogen-bond acceptors (Lipinski definition) is 2. The molecule has 1 saturated heterocycles. The highest BCUT2D eigenvalue weighted by molar-refractivity contribution is 6.35. The maximum atomic E-state index is 12.4. The van der Waals surface area contributed by atoms with Crippen LogP contribution in [-0.2, 0) is 17.9 Å². The van der Waals surface area contributed by atoms with Gasteiger partial charge in [-0.25, -0.2) is 0 Å². The fourth-order valence-electron chi connectivity index (χ4n) is 2.85.